The summed E-state index contributed by atoms with van der Waals surface area (Å²) < 4.78 is 38.6. The van der Waals surface area contributed by atoms with E-state index in [1.807, 2.05) is 4.90 Å². The summed E-state index contributed by atoms with van der Waals surface area (Å²) in [5.41, 5.74) is 0.411. The van der Waals surface area contributed by atoms with Gasteiger partial charge in [0.15, 0.2) is 0 Å². The van der Waals surface area contributed by atoms with Gasteiger partial charge < -0.3 is 9.80 Å². The third-order valence-corrected chi connectivity index (χ3v) is 8.92. The number of amides is 2. The van der Waals surface area contributed by atoms with Gasteiger partial charge in [0.05, 0.1) is 17.8 Å². The number of alkyl halides is 3. The molecule has 3 heterocycles. The smallest absolute Gasteiger partial charge is 0.339 e. The highest BCUT2D eigenvalue weighted by atomic mass is 32.1. The van der Waals surface area contributed by atoms with Crippen molar-refractivity contribution in [1.82, 2.24) is 24.6 Å². The van der Waals surface area contributed by atoms with E-state index in [1.54, 1.807) is 11.8 Å². The third-order valence-electron chi connectivity index (χ3n) is 7.73. The third kappa shape index (κ3) is 5.83. The monoisotopic (exact) mass is 535 g/mol. The Labute approximate surface area is 218 Å². The first-order valence-electron chi connectivity index (χ1n) is 12.9. The van der Waals surface area contributed by atoms with E-state index in [9.17, 15) is 22.8 Å². The second-order valence-electron chi connectivity index (χ2n) is 10.1. The largest absolute Gasteiger partial charge is 0.416 e. The number of hydrogen-bond donors (Lipinski definition) is 0. The highest BCUT2D eigenvalue weighted by Gasteiger charge is 2.32. The number of halogens is 3. The molecule has 0 radical (unpaired) electrons. The average molecular weight is 536 g/mol. The van der Waals surface area contributed by atoms with Crippen LogP contribution in [-0.4, -0.2) is 101 Å². The first-order chi connectivity index (χ1) is 17.7. The molecule has 200 valence electrons. The summed E-state index contributed by atoms with van der Waals surface area (Å²) in [6.45, 7) is 7.93. The second-order valence-corrected chi connectivity index (χ2v) is 11.1. The minimum atomic E-state index is -4.39. The zero-order valence-corrected chi connectivity index (χ0v) is 21.8. The van der Waals surface area contributed by atoms with Gasteiger partial charge in [-0.1, -0.05) is 18.6 Å². The van der Waals surface area contributed by atoms with Gasteiger partial charge >= 0.3 is 6.18 Å². The van der Waals surface area contributed by atoms with Crippen molar-refractivity contribution in [2.75, 3.05) is 58.9 Å². The molecule has 11 heteroatoms. The molecule has 2 aliphatic heterocycles. The molecule has 3 aliphatic rings. The summed E-state index contributed by atoms with van der Waals surface area (Å²) in [4.78, 5) is 39.3. The fraction of sp³-hybridized carbons (Fsp3) is 0.577. The minimum absolute atomic E-state index is 0.119. The minimum Gasteiger partial charge on any atom is -0.339 e. The Morgan fingerprint density at radius 2 is 1.57 bits per heavy atom. The number of aromatic nitrogens is 1. The maximum absolute atomic E-state index is 13.2. The van der Waals surface area contributed by atoms with Crippen molar-refractivity contribution < 1.29 is 22.8 Å². The average Bonchev–Trinajstić information content (AvgIpc) is 3.24. The van der Waals surface area contributed by atoms with Gasteiger partial charge in [-0.25, -0.2) is 4.98 Å². The van der Waals surface area contributed by atoms with Crippen molar-refractivity contribution in [3.63, 3.8) is 0 Å². The van der Waals surface area contributed by atoms with Crippen molar-refractivity contribution >= 4 is 23.2 Å². The summed E-state index contributed by atoms with van der Waals surface area (Å²) in [6, 6.07) is 5.55. The van der Waals surface area contributed by atoms with Crippen LogP contribution in [0.3, 0.4) is 0 Å². The lowest BCUT2D eigenvalue weighted by molar-refractivity contribution is -0.137. The topological polar surface area (TPSA) is 60.0 Å². The van der Waals surface area contributed by atoms with Gasteiger partial charge in [-0.15, -0.1) is 11.3 Å². The zero-order chi connectivity index (χ0) is 26.2. The van der Waals surface area contributed by atoms with Gasteiger partial charge in [0, 0.05) is 64.0 Å². The van der Waals surface area contributed by atoms with Crippen molar-refractivity contribution in [3.8, 4) is 10.6 Å². The summed E-state index contributed by atoms with van der Waals surface area (Å²) in [6.07, 6.45) is -0.500. The molecule has 5 rings (SSSR count). The molecular formula is C26H32F3N5O2S. The molecule has 2 aromatic rings. The number of carbonyl (C=O) groups excluding carboxylic acids is 2. The van der Waals surface area contributed by atoms with Gasteiger partial charge in [0.1, 0.15) is 9.88 Å². The molecule has 0 atom stereocenters. The van der Waals surface area contributed by atoms with Crippen molar-refractivity contribution in [2.24, 2.45) is 0 Å². The number of thiazole rings is 1. The van der Waals surface area contributed by atoms with E-state index in [2.05, 4.69) is 14.8 Å². The van der Waals surface area contributed by atoms with Crippen LogP contribution in [0.1, 0.15) is 40.2 Å². The predicted molar refractivity (Wildman–Crippen MR) is 135 cm³/mol. The molecule has 0 bridgehead atoms. The van der Waals surface area contributed by atoms with Crippen LogP contribution in [0.2, 0.25) is 0 Å². The number of benzene rings is 1. The Balaban J connectivity index is 1.12. The van der Waals surface area contributed by atoms with E-state index in [4.69, 9.17) is 0 Å². The summed E-state index contributed by atoms with van der Waals surface area (Å²) in [5.74, 6) is 0.0405. The van der Waals surface area contributed by atoms with Gasteiger partial charge in [-0.2, -0.15) is 13.2 Å². The highest BCUT2D eigenvalue weighted by Crippen LogP contribution is 2.33. The van der Waals surface area contributed by atoms with Crippen LogP contribution >= 0.6 is 11.3 Å². The van der Waals surface area contributed by atoms with Crippen LogP contribution in [0.4, 0.5) is 13.2 Å². The van der Waals surface area contributed by atoms with Gasteiger partial charge in [0.2, 0.25) is 5.91 Å². The normalized spacial score (nSPS) is 20.2. The van der Waals surface area contributed by atoms with E-state index in [0.29, 0.717) is 53.9 Å². The molecule has 2 saturated heterocycles. The van der Waals surface area contributed by atoms with Gasteiger partial charge in [0.25, 0.3) is 5.91 Å². The zero-order valence-electron chi connectivity index (χ0n) is 21.0. The van der Waals surface area contributed by atoms with Crippen LogP contribution in [0.5, 0.6) is 0 Å². The Hall–Kier alpha value is -2.50. The summed E-state index contributed by atoms with van der Waals surface area (Å²) in [7, 11) is 0. The first kappa shape index (κ1) is 26.1. The molecule has 2 amide bonds. The lowest BCUT2D eigenvalue weighted by Gasteiger charge is -2.43. The predicted octanol–water partition coefficient (Wildman–Crippen LogP) is 3.59. The second kappa shape index (κ2) is 10.7. The van der Waals surface area contributed by atoms with E-state index < -0.39 is 11.7 Å². The fourth-order valence-electron chi connectivity index (χ4n) is 5.15. The number of nitrogens with zero attached hydrogens (tertiary/aromatic N) is 5. The Kier molecular flexibility index (Phi) is 7.56. The fourth-order valence-corrected chi connectivity index (χ4v) is 6.19. The standard InChI is InChI=1S/C26H32F3N5O2S/c1-18-23(37-24(30-18)19-5-7-20(8-6-19)26(27,28)29)25(36)34-11-9-31(10-12-34)17-22(35)33-15-13-32(14-16-33)21-3-2-4-21/h5-8,21H,2-4,9-17H2,1H3. The maximum Gasteiger partial charge on any atom is 0.416 e. The van der Waals surface area contributed by atoms with Crippen LogP contribution in [-0.2, 0) is 11.0 Å². The summed E-state index contributed by atoms with van der Waals surface area (Å²) >= 11 is 1.20. The Morgan fingerprint density at radius 1 is 0.946 bits per heavy atom. The maximum atomic E-state index is 13.2. The number of rotatable bonds is 5. The number of piperazine rings is 2. The van der Waals surface area contributed by atoms with Gasteiger partial charge in [-0.3, -0.25) is 19.4 Å². The van der Waals surface area contributed by atoms with E-state index in [-0.39, 0.29) is 11.8 Å². The van der Waals surface area contributed by atoms with E-state index >= 15 is 0 Å². The number of aryl methyl sites for hydroxylation is 1. The lowest BCUT2D eigenvalue weighted by Crippen LogP contribution is -2.56. The molecule has 1 aromatic carbocycles. The lowest BCUT2D eigenvalue weighted by atomic mass is 9.91. The van der Waals surface area contributed by atoms with Gasteiger partial charge in [-0.05, 0) is 31.9 Å². The van der Waals surface area contributed by atoms with Crippen LogP contribution in [0.15, 0.2) is 24.3 Å². The first-order valence-corrected chi connectivity index (χ1v) is 13.7. The quantitative estimate of drug-likeness (QED) is 0.586. The van der Waals surface area contributed by atoms with Crippen LogP contribution in [0.25, 0.3) is 10.6 Å². The van der Waals surface area contributed by atoms with E-state index in [1.165, 1.54) is 42.7 Å². The summed E-state index contributed by atoms with van der Waals surface area (Å²) in [5, 5.41) is 0.524. The molecule has 1 aromatic heterocycles. The molecule has 37 heavy (non-hydrogen) atoms. The molecule has 0 unspecified atom stereocenters. The molecule has 0 N–H and O–H groups in total. The van der Waals surface area contributed by atoms with Crippen molar-refractivity contribution in [1.29, 1.82) is 0 Å². The molecule has 1 aliphatic carbocycles. The number of hydrogen-bond acceptors (Lipinski definition) is 6. The Bertz CT molecular complexity index is 1120. The number of carbonyl (C=O) groups is 2. The van der Waals surface area contributed by atoms with Crippen LogP contribution < -0.4 is 0 Å². The van der Waals surface area contributed by atoms with Crippen molar-refractivity contribution in [2.45, 2.75) is 38.4 Å². The van der Waals surface area contributed by atoms with Crippen molar-refractivity contribution in [3.05, 3.63) is 40.4 Å². The Morgan fingerprint density at radius 3 is 2.14 bits per heavy atom. The molecule has 7 nitrogen and oxygen atoms in total. The molecule has 0 spiro atoms. The molecule has 1 saturated carbocycles. The SMILES string of the molecule is Cc1nc(-c2ccc(C(F)(F)F)cc2)sc1C(=O)N1CCN(CC(=O)N2CCN(C3CCC3)CC2)CC1. The van der Waals surface area contributed by atoms with E-state index in [0.717, 1.165) is 44.4 Å². The molecule has 3 fully saturated rings. The highest BCUT2D eigenvalue weighted by molar-refractivity contribution is 7.17. The molecular weight excluding hydrogens is 503 g/mol. The van der Waals surface area contributed by atoms with Crippen LogP contribution in [0, 0.1) is 6.92 Å².